The molecule has 0 fully saturated rings. The van der Waals surface area contributed by atoms with Crippen LogP contribution in [0.4, 0.5) is 0 Å². The van der Waals surface area contributed by atoms with Gasteiger partial charge in [-0.3, -0.25) is 0 Å². The van der Waals surface area contributed by atoms with Gasteiger partial charge in [-0.15, -0.1) is 0 Å². The lowest BCUT2D eigenvalue weighted by Gasteiger charge is -2.20. The predicted molar refractivity (Wildman–Crippen MR) is 133 cm³/mol. The van der Waals surface area contributed by atoms with E-state index in [0.29, 0.717) is 0 Å². The topological polar surface area (TPSA) is 40.5 Å². The molecule has 2 aromatic rings. The molecule has 1 unspecified atom stereocenters. The summed E-state index contributed by atoms with van der Waals surface area (Å²) in [6, 6.07) is 17.2. The predicted octanol–water partition coefficient (Wildman–Crippen LogP) is 7.21. The average molecular weight is 421 g/mol. The van der Waals surface area contributed by atoms with Gasteiger partial charge in [0, 0.05) is 0 Å². The number of rotatable bonds is 12. The van der Waals surface area contributed by atoms with Crippen molar-refractivity contribution in [3.05, 3.63) is 89.0 Å². The first-order chi connectivity index (χ1) is 14.9. The molecule has 2 rings (SSSR count). The van der Waals surface area contributed by atoms with E-state index >= 15 is 0 Å². The van der Waals surface area contributed by atoms with Gasteiger partial charge >= 0.3 is 0 Å². The second kappa shape index (κ2) is 12.6. The van der Waals surface area contributed by atoms with Crippen LogP contribution in [0.3, 0.4) is 0 Å². The van der Waals surface area contributed by atoms with Gasteiger partial charge in [0.15, 0.2) is 0 Å². The van der Waals surface area contributed by atoms with Crippen LogP contribution in [-0.2, 0) is 12.8 Å². The molecule has 0 amide bonds. The Bertz CT molecular complexity index is 841. The first-order valence-electron chi connectivity index (χ1n) is 11.9. The minimum Gasteiger partial charge on any atom is -0.388 e. The third-order valence-corrected chi connectivity index (χ3v) is 6.24. The number of hydrogen-bond donors (Lipinski definition) is 2. The summed E-state index contributed by atoms with van der Waals surface area (Å²) in [6.45, 7) is 8.30. The molecule has 0 spiro atoms. The highest BCUT2D eigenvalue weighted by molar-refractivity contribution is 5.67. The Balaban J connectivity index is 2.05. The molecule has 2 N–H and O–H groups in total. The largest absolute Gasteiger partial charge is 0.388 e. The summed E-state index contributed by atoms with van der Waals surface area (Å²) in [6.07, 6.45) is 11.9. The molecule has 31 heavy (non-hydrogen) atoms. The van der Waals surface area contributed by atoms with Crippen molar-refractivity contribution < 1.29 is 10.2 Å². The lowest BCUT2D eigenvalue weighted by molar-refractivity contribution is 0.0828. The van der Waals surface area contributed by atoms with E-state index in [1.807, 2.05) is 26.0 Å². The fourth-order valence-electron chi connectivity index (χ4n) is 3.81. The van der Waals surface area contributed by atoms with Crippen LogP contribution in [0.1, 0.15) is 88.2 Å². The summed E-state index contributed by atoms with van der Waals surface area (Å²) in [4.78, 5) is 0. The van der Waals surface area contributed by atoms with Crippen LogP contribution in [0.15, 0.2) is 66.8 Å². The molecule has 0 bridgehead atoms. The minimum atomic E-state index is -0.709. The summed E-state index contributed by atoms with van der Waals surface area (Å²) < 4.78 is 0. The highest BCUT2D eigenvalue weighted by atomic mass is 16.3. The number of aliphatic hydroxyl groups excluding tert-OH is 1. The van der Waals surface area contributed by atoms with Gasteiger partial charge in [0.2, 0.25) is 0 Å². The average Bonchev–Trinajstić information content (AvgIpc) is 2.81. The van der Waals surface area contributed by atoms with Crippen LogP contribution in [0.5, 0.6) is 0 Å². The summed E-state index contributed by atoms with van der Waals surface area (Å²) in [5, 5.41) is 20.6. The Kier molecular flexibility index (Phi) is 10.2. The second-order valence-electron chi connectivity index (χ2n) is 8.46. The fourth-order valence-corrected chi connectivity index (χ4v) is 3.81. The molecule has 1 atom stereocenters. The maximum atomic E-state index is 10.5. The van der Waals surface area contributed by atoms with Gasteiger partial charge in [0.25, 0.3) is 0 Å². The maximum absolute atomic E-state index is 10.5. The van der Waals surface area contributed by atoms with Gasteiger partial charge in [-0.1, -0.05) is 101 Å². The van der Waals surface area contributed by atoms with Gasteiger partial charge in [-0.05, 0) is 66.4 Å². The third-order valence-electron chi connectivity index (χ3n) is 6.24. The van der Waals surface area contributed by atoms with Crippen molar-refractivity contribution in [2.75, 3.05) is 0 Å². The summed E-state index contributed by atoms with van der Waals surface area (Å²) in [5.41, 5.74) is 5.46. The van der Waals surface area contributed by atoms with Gasteiger partial charge < -0.3 is 10.2 Å². The molecular weight excluding hydrogens is 380 g/mol. The Labute approximate surface area is 189 Å². The van der Waals surface area contributed by atoms with E-state index in [2.05, 4.69) is 68.5 Å². The molecule has 2 aromatic carbocycles. The van der Waals surface area contributed by atoms with Crippen molar-refractivity contribution in [2.45, 2.75) is 84.3 Å². The van der Waals surface area contributed by atoms with Crippen LogP contribution >= 0.6 is 0 Å². The van der Waals surface area contributed by atoms with Crippen molar-refractivity contribution in [3.8, 4) is 0 Å². The van der Waals surface area contributed by atoms with E-state index in [-0.39, 0.29) is 6.10 Å². The highest BCUT2D eigenvalue weighted by Gasteiger charge is 2.16. The van der Waals surface area contributed by atoms with E-state index in [4.69, 9.17) is 0 Å². The number of aryl methyl sites for hydroxylation is 2. The monoisotopic (exact) mass is 420 g/mol. The quantitative estimate of drug-likeness (QED) is 0.356. The molecule has 0 saturated heterocycles. The minimum absolute atomic E-state index is 0.352. The third kappa shape index (κ3) is 7.79. The number of hydrogen-bond acceptors (Lipinski definition) is 2. The van der Waals surface area contributed by atoms with E-state index in [9.17, 15) is 10.2 Å². The molecule has 0 aliphatic heterocycles. The van der Waals surface area contributed by atoms with Gasteiger partial charge in [0.1, 0.15) is 0 Å². The van der Waals surface area contributed by atoms with Crippen molar-refractivity contribution in [2.24, 2.45) is 0 Å². The van der Waals surface area contributed by atoms with E-state index in [1.165, 1.54) is 22.3 Å². The number of benzene rings is 2. The molecule has 0 radical (unpaired) electrons. The van der Waals surface area contributed by atoms with Crippen molar-refractivity contribution in [3.63, 3.8) is 0 Å². The van der Waals surface area contributed by atoms with Gasteiger partial charge in [-0.2, -0.15) is 0 Å². The maximum Gasteiger partial charge on any atom is 0.0825 e. The van der Waals surface area contributed by atoms with E-state index in [0.717, 1.165) is 50.5 Å². The lowest BCUT2D eigenvalue weighted by Crippen LogP contribution is -2.22. The summed E-state index contributed by atoms with van der Waals surface area (Å²) in [7, 11) is 0. The van der Waals surface area contributed by atoms with Gasteiger partial charge in [0.05, 0.1) is 11.7 Å². The summed E-state index contributed by atoms with van der Waals surface area (Å²) >= 11 is 0. The molecule has 0 aliphatic rings. The van der Waals surface area contributed by atoms with Crippen LogP contribution in [-0.4, -0.2) is 15.8 Å². The highest BCUT2D eigenvalue weighted by Crippen LogP contribution is 2.23. The number of allylic oxidation sites excluding steroid dienone is 3. The molecule has 0 aromatic heterocycles. The zero-order valence-electron chi connectivity index (χ0n) is 19.8. The summed E-state index contributed by atoms with van der Waals surface area (Å²) in [5.74, 6) is 0. The Morgan fingerprint density at radius 3 is 2.23 bits per heavy atom. The van der Waals surface area contributed by atoms with Crippen molar-refractivity contribution in [1.82, 2.24) is 0 Å². The molecule has 0 heterocycles. The SMILES string of the molecule is CCCC(O)c1ccc(CCc2cccc(/C(=C/C=C/C(O)(CC)CC)CC)c2)cc1. The van der Waals surface area contributed by atoms with Gasteiger partial charge in [-0.25, -0.2) is 0 Å². The zero-order valence-corrected chi connectivity index (χ0v) is 19.8. The molecule has 2 nitrogen and oxygen atoms in total. The Morgan fingerprint density at radius 2 is 1.61 bits per heavy atom. The van der Waals surface area contributed by atoms with E-state index in [1.54, 1.807) is 0 Å². The van der Waals surface area contributed by atoms with Crippen molar-refractivity contribution in [1.29, 1.82) is 0 Å². The molecule has 0 saturated carbocycles. The zero-order chi connectivity index (χ0) is 22.7. The van der Waals surface area contributed by atoms with Crippen LogP contribution < -0.4 is 0 Å². The molecule has 168 valence electrons. The number of aliphatic hydroxyl groups is 2. The van der Waals surface area contributed by atoms with Crippen LogP contribution in [0, 0.1) is 0 Å². The van der Waals surface area contributed by atoms with Crippen LogP contribution in [0.2, 0.25) is 0 Å². The van der Waals surface area contributed by atoms with Crippen LogP contribution in [0.25, 0.3) is 5.57 Å². The molecule has 0 aliphatic carbocycles. The first-order valence-corrected chi connectivity index (χ1v) is 11.9. The normalized spacial score (nSPS) is 13.7. The van der Waals surface area contributed by atoms with E-state index < -0.39 is 5.60 Å². The fraction of sp³-hybridized carbons (Fsp3) is 0.448. The second-order valence-corrected chi connectivity index (χ2v) is 8.46. The Hall–Kier alpha value is -2.16. The standard InChI is InChI=1S/C29H40O2/c1-5-11-28(30)26-19-17-23(18-20-26)15-16-24-12-9-13-27(22-24)25(6-2)14-10-21-29(31,7-3)8-4/h9-10,12-14,17-22,28,30-31H,5-8,11,15-16H2,1-4H3/b21-10+,25-14+. The smallest absolute Gasteiger partial charge is 0.0825 e. The molecular formula is C29H40O2. The molecule has 2 heteroatoms. The van der Waals surface area contributed by atoms with Crippen molar-refractivity contribution >= 4 is 5.57 Å². The Morgan fingerprint density at radius 1 is 0.935 bits per heavy atom. The lowest BCUT2D eigenvalue weighted by atomic mass is 9.95. The first kappa shape index (κ1) is 25.1.